The van der Waals surface area contributed by atoms with Gasteiger partial charge in [0.25, 0.3) is 0 Å². The van der Waals surface area contributed by atoms with Crippen LogP contribution < -0.4 is 10.0 Å². The molecular formula is C14H23N3O2S. The summed E-state index contributed by atoms with van der Waals surface area (Å²) in [6.45, 7) is 5.32. The quantitative estimate of drug-likeness (QED) is 0.844. The largest absolute Gasteiger partial charge is 0.384 e. The van der Waals surface area contributed by atoms with Crippen molar-refractivity contribution in [2.24, 2.45) is 11.8 Å². The van der Waals surface area contributed by atoms with Crippen molar-refractivity contribution in [3.8, 4) is 0 Å². The lowest BCUT2D eigenvalue weighted by molar-refractivity contribution is 0.414. The second-order valence-electron chi connectivity index (χ2n) is 5.42. The van der Waals surface area contributed by atoms with E-state index in [0.717, 1.165) is 6.42 Å². The van der Waals surface area contributed by atoms with Crippen molar-refractivity contribution in [2.45, 2.75) is 38.0 Å². The molecule has 0 radical (unpaired) electrons. The fourth-order valence-electron chi connectivity index (χ4n) is 2.75. The molecule has 20 heavy (non-hydrogen) atoms. The van der Waals surface area contributed by atoms with Crippen LogP contribution in [0.25, 0.3) is 0 Å². The molecule has 1 aromatic heterocycles. The van der Waals surface area contributed by atoms with Gasteiger partial charge in [0.1, 0.15) is 4.90 Å². The first-order chi connectivity index (χ1) is 9.54. The van der Waals surface area contributed by atoms with Gasteiger partial charge < -0.3 is 5.32 Å². The van der Waals surface area contributed by atoms with Crippen LogP contribution in [0.5, 0.6) is 0 Å². The van der Waals surface area contributed by atoms with E-state index in [9.17, 15) is 8.42 Å². The monoisotopic (exact) mass is 297 g/mol. The van der Waals surface area contributed by atoms with E-state index in [0.29, 0.717) is 30.6 Å². The molecule has 1 aliphatic carbocycles. The van der Waals surface area contributed by atoms with E-state index in [-0.39, 0.29) is 4.90 Å². The molecule has 0 amide bonds. The minimum absolute atomic E-state index is 0.229. The number of nitrogens with one attached hydrogen (secondary N) is 2. The second-order valence-corrected chi connectivity index (χ2v) is 7.16. The van der Waals surface area contributed by atoms with E-state index < -0.39 is 10.0 Å². The Morgan fingerprint density at radius 1 is 1.40 bits per heavy atom. The van der Waals surface area contributed by atoms with Crippen molar-refractivity contribution in [3.05, 3.63) is 18.5 Å². The summed E-state index contributed by atoms with van der Waals surface area (Å²) in [6.07, 6.45) is 6.50. The molecule has 0 saturated heterocycles. The molecule has 1 aromatic rings. The van der Waals surface area contributed by atoms with Crippen LogP contribution in [-0.4, -0.2) is 26.5 Å². The standard InChI is InChI=1S/C14H23N3O2S/c1-3-16-13-7-8-15-10-14(13)20(18,19)17-9-12-6-4-5-11(12)2/h7-8,10-12,17H,3-6,9H2,1-2H3,(H,15,16). The zero-order valence-corrected chi connectivity index (χ0v) is 12.9. The van der Waals surface area contributed by atoms with Crippen molar-refractivity contribution >= 4 is 15.7 Å². The number of rotatable bonds is 6. The molecule has 0 aliphatic heterocycles. The van der Waals surface area contributed by atoms with Gasteiger partial charge in [0.05, 0.1) is 5.69 Å². The summed E-state index contributed by atoms with van der Waals surface area (Å²) in [5.74, 6) is 1.05. The van der Waals surface area contributed by atoms with E-state index in [1.807, 2.05) is 6.92 Å². The highest BCUT2D eigenvalue weighted by molar-refractivity contribution is 7.89. The van der Waals surface area contributed by atoms with Gasteiger partial charge in [0.2, 0.25) is 10.0 Å². The maximum absolute atomic E-state index is 12.4. The maximum Gasteiger partial charge on any atom is 0.244 e. The average molecular weight is 297 g/mol. The maximum atomic E-state index is 12.4. The van der Waals surface area contributed by atoms with Gasteiger partial charge in [-0.15, -0.1) is 0 Å². The summed E-state index contributed by atoms with van der Waals surface area (Å²) in [4.78, 5) is 4.16. The number of anilines is 1. The molecule has 6 heteroatoms. The van der Waals surface area contributed by atoms with Crippen LogP contribution in [0.2, 0.25) is 0 Å². The SMILES string of the molecule is CCNc1ccncc1S(=O)(=O)NCC1CCCC1C. The summed E-state index contributed by atoms with van der Waals surface area (Å²) >= 11 is 0. The van der Waals surface area contributed by atoms with E-state index in [4.69, 9.17) is 0 Å². The summed E-state index contributed by atoms with van der Waals surface area (Å²) in [5, 5.41) is 3.06. The van der Waals surface area contributed by atoms with Crippen LogP contribution in [0.15, 0.2) is 23.4 Å². The van der Waals surface area contributed by atoms with Gasteiger partial charge in [-0.1, -0.05) is 19.8 Å². The number of aromatic nitrogens is 1. The molecule has 112 valence electrons. The summed E-state index contributed by atoms with van der Waals surface area (Å²) in [6, 6.07) is 1.69. The Hall–Kier alpha value is -1.14. The van der Waals surface area contributed by atoms with Gasteiger partial charge in [-0.25, -0.2) is 13.1 Å². The first-order valence-corrected chi connectivity index (χ1v) is 8.70. The van der Waals surface area contributed by atoms with Crippen LogP contribution in [0.4, 0.5) is 5.69 Å². The van der Waals surface area contributed by atoms with Gasteiger partial charge in [0, 0.05) is 25.5 Å². The smallest absolute Gasteiger partial charge is 0.244 e. The fourth-order valence-corrected chi connectivity index (χ4v) is 3.97. The van der Waals surface area contributed by atoms with Crippen LogP contribution in [0, 0.1) is 11.8 Å². The fraction of sp³-hybridized carbons (Fsp3) is 0.643. The normalized spacial score (nSPS) is 22.9. The third-order valence-corrected chi connectivity index (χ3v) is 5.47. The van der Waals surface area contributed by atoms with Gasteiger partial charge in [-0.3, -0.25) is 4.98 Å². The minimum atomic E-state index is -3.50. The Kier molecular flexibility index (Phi) is 4.99. The minimum Gasteiger partial charge on any atom is -0.384 e. The molecule has 5 nitrogen and oxygen atoms in total. The third kappa shape index (κ3) is 3.49. The van der Waals surface area contributed by atoms with Crippen molar-refractivity contribution in [1.29, 1.82) is 0 Å². The highest BCUT2D eigenvalue weighted by Gasteiger charge is 2.26. The lowest BCUT2D eigenvalue weighted by Gasteiger charge is -2.17. The zero-order valence-electron chi connectivity index (χ0n) is 12.1. The van der Waals surface area contributed by atoms with Crippen molar-refractivity contribution in [1.82, 2.24) is 9.71 Å². The van der Waals surface area contributed by atoms with Crippen LogP contribution in [-0.2, 0) is 10.0 Å². The van der Waals surface area contributed by atoms with Gasteiger partial charge in [-0.05, 0) is 31.2 Å². The van der Waals surface area contributed by atoms with Crippen molar-refractivity contribution < 1.29 is 8.42 Å². The molecule has 0 bridgehead atoms. The Labute approximate surface area is 121 Å². The van der Waals surface area contributed by atoms with E-state index in [1.165, 1.54) is 19.0 Å². The number of hydrogen-bond donors (Lipinski definition) is 2. The van der Waals surface area contributed by atoms with Gasteiger partial charge in [-0.2, -0.15) is 0 Å². The van der Waals surface area contributed by atoms with Gasteiger partial charge in [0.15, 0.2) is 0 Å². The molecule has 2 unspecified atom stereocenters. The van der Waals surface area contributed by atoms with Gasteiger partial charge >= 0.3 is 0 Å². The lowest BCUT2D eigenvalue weighted by atomic mass is 9.99. The topological polar surface area (TPSA) is 71.1 Å². The van der Waals surface area contributed by atoms with Crippen molar-refractivity contribution in [3.63, 3.8) is 0 Å². The average Bonchev–Trinajstić information content (AvgIpc) is 2.83. The summed E-state index contributed by atoms with van der Waals surface area (Å²) in [5.41, 5.74) is 0.606. The van der Waals surface area contributed by atoms with Crippen LogP contribution in [0.3, 0.4) is 0 Å². The molecule has 1 fully saturated rings. The summed E-state index contributed by atoms with van der Waals surface area (Å²) in [7, 11) is -3.50. The van der Waals surface area contributed by atoms with Crippen LogP contribution >= 0.6 is 0 Å². The van der Waals surface area contributed by atoms with E-state index >= 15 is 0 Å². The lowest BCUT2D eigenvalue weighted by Crippen LogP contribution is -2.31. The molecule has 2 rings (SSSR count). The van der Waals surface area contributed by atoms with E-state index in [2.05, 4.69) is 21.9 Å². The number of sulfonamides is 1. The Morgan fingerprint density at radius 2 is 2.20 bits per heavy atom. The highest BCUT2D eigenvalue weighted by atomic mass is 32.2. The Morgan fingerprint density at radius 3 is 2.85 bits per heavy atom. The summed E-state index contributed by atoms with van der Waals surface area (Å²) < 4.78 is 27.5. The number of nitrogens with zero attached hydrogens (tertiary/aromatic N) is 1. The number of hydrogen-bond acceptors (Lipinski definition) is 4. The third-order valence-electron chi connectivity index (χ3n) is 4.02. The predicted octanol–water partition coefficient (Wildman–Crippen LogP) is 2.23. The van der Waals surface area contributed by atoms with Crippen LogP contribution in [0.1, 0.15) is 33.1 Å². The first kappa shape index (κ1) is 15.3. The zero-order chi connectivity index (χ0) is 14.6. The molecule has 0 spiro atoms. The molecule has 2 N–H and O–H groups in total. The molecule has 1 heterocycles. The Bertz CT molecular complexity index is 545. The molecule has 1 aliphatic rings. The Balaban J connectivity index is 2.10. The highest BCUT2D eigenvalue weighted by Crippen LogP contribution is 2.31. The molecule has 0 aromatic carbocycles. The van der Waals surface area contributed by atoms with E-state index in [1.54, 1.807) is 12.3 Å². The predicted molar refractivity (Wildman–Crippen MR) is 80.1 cm³/mol. The molecule has 1 saturated carbocycles. The second kappa shape index (κ2) is 6.54. The first-order valence-electron chi connectivity index (χ1n) is 7.22. The molecular weight excluding hydrogens is 274 g/mol. The van der Waals surface area contributed by atoms with Crippen molar-refractivity contribution in [2.75, 3.05) is 18.4 Å². The molecule has 2 atom stereocenters. The number of pyridine rings is 1.